The smallest absolute Gasteiger partial charge is 0.0409 e. The van der Waals surface area contributed by atoms with Gasteiger partial charge in [-0.1, -0.05) is 86.3 Å². The summed E-state index contributed by atoms with van der Waals surface area (Å²) in [6.07, 6.45) is 11.9. The van der Waals surface area contributed by atoms with Crippen LogP contribution in [0.2, 0.25) is 0 Å². The lowest BCUT2D eigenvalue weighted by Gasteiger charge is -2.29. The highest BCUT2D eigenvalue weighted by Crippen LogP contribution is 2.49. The lowest BCUT2D eigenvalue weighted by Crippen LogP contribution is -2.16. The first-order chi connectivity index (χ1) is 15.7. The van der Waals surface area contributed by atoms with E-state index in [-0.39, 0.29) is 0 Å². The van der Waals surface area contributed by atoms with Crippen LogP contribution in [0.4, 0.5) is 11.4 Å². The normalized spacial score (nSPS) is 17.2. The van der Waals surface area contributed by atoms with Crippen LogP contribution in [0.1, 0.15) is 96.6 Å². The number of rotatable bonds is 6. The minimum absolute atomic E-state index is 0.511. The Morgan fingerprint density at radius 2 is 0.906 bits per heavy atom. The van der Waals surface area contributed by atoms with Gasteiger partial charge in [0.25, 0.3) is 0 Å². The van der Waals surface area contributed by atoms with Crippen LogP contribution in [0, 0.1) is 0 Å². The highest BCUT2D eigenvalue weighted by atomic mass is 14.7. The van der Waals surface area contributed by atoms with Gasteiger partial charge in [0.05, 0.1) is 0 Å². The average molecular weight is 425 g/mol. The van der Waals surface area contributed by atoms with Crippen molar-refractivity contribution in [1.82, 2.24) is 0 Å². The zero-order chi connectivity index (χ0) is 21.9. The number of nitrogen functional groups attached to an aromatic ring is 2. The fourth-order valence-electron chi connectivity index (χ4n) is 6.28. The first-order valence-corrected chi connectivity index (χ1v) is 12.5. The molecule has 3 aromatic carbocycles. The molecule has 0 amide bonds. The first kappa shape index (κ1) is 21.1. The first-order valence-electron chi connectivity index (χ1n) is 12.5. The average Bonchev–Trinajstić information content (AvgIpc) is 3.54. The maximum atomic E-state index is 7.06. The predicted octanol–water partition coefficient (Wildman–Crippen LogP) is 7.35. The maximum Gasteiger partial charge on any atom is 0.0409 e. The molecule has 2 aliphatic carbocycles. The van der Waals surface area contributed by atoms with Crippen LogP contribution in [-0.2, 0) is 12.8 Å². The Labute approximate surface area is 193 Å². The molecule has 0 saturated heterocycles. The summed E-state index contributed by atoms with van der Waals surface area (Å²) in [7, 11) is 0. The zero-order valence-electron chi connectivity index (χ0n) is 19.2. The molecule has 2 saturated carbocycles. The predicted molar refractivity (Wildman–Crippen MR) is 136 cm³/mol. The summed E-state index contributed by atoms with van der Waals surface area (Å²) in [6, 6.07) is 21.7. The van der Waals surface area contributed by atoms with Crippen LogP contribution in [0.25, 0.3) is 0 Å². The minimum atomic E-state index is 0.511. The maximum absolute atomic E-state index is 7.06. The van der Waals surface area contributed by atoms with Gasteiger partial charge in [-0.25, -0.2) is 0 Å². The second kappa shape index (κ2) is 9.40. The van der Waals surface area contributed by atoms with Gasteiger partial charge in [-0.2, -0.15) is 0 Å². The second-order valence-electron chi connectivity index (χ2n) is 9.90. The van der Waals surface area contributed by atoms with Crippen LogP contribution in [-0.4, -0.2) is 0 Å². The van der Waals surface area contributed by atoms with E-state index < -0.39 is 0 Å². The molecule has 0 aliphatic heterocycles. The summed E-state index contributed by atoms with van der Waals surface area (Å²) in [5, 5.41) is 0. The summed E-state index contributed by atoms with van der Waals surface area (Å²) in [5.74, 6) is 1.09. The summed E-state index contributed by atoms with van der Waals surface area (Å²) >= 11 is 0. The monoisotopic (exact) mass is 424 g/mol. The molecule has 0 radical (unpaired) electrons. The van der Waals surface area contributed by atoms with Crippen molar-refractivity contribution >= 4 is 11.4 Å². The van der Waals surface area contributed by atoms with Crippen molar-refractivity contribution in [3.05, 3.63) is 94.0 Å². The molecule has 5 rings (SSSR count). The van der Waals surface area contributed by atoms with Crippen LogP contribution in [0.15, 0.2) is 60.7 Å². The molecule has 4 N–H and O–H groups in total. The van der Waals surface area contributed by atoms with E-state index in [4.69, 9.17) is 11.5 Å². The standard InChI is InChI=1S/C30H36N2/c31-29-25(19-21-11-3-1-4-12-21)27(23-15-7-8-16-23)26(20-22-13-5-2-6-14-22)30(32)28(29)24-17-9-10-18-24/h1-6,11-14,23-24H,7-10,15-20,31-32H2. The molecule has 0 unspecified atom stereocenters. The van der Waals surface area contributed by atoms with E-state index in [1.807, 2.05) is 0 Å². The highest BCUT2D eigenvalue weighted by Gasteiger charge is 2.31. The Bertz CT molecular complexity index is 975. The molecule has 0 atom stereocenters. The molecule has 0 aromatic heterocycles. The topological polar surface area (TPSA) is 52.0 Å². The van der Waals surface area contributed by atoms with Crippen molar-refractivity contribution in [1.29, 1.82) is 0 Å². The fraction of sp³-hybridized carbons (Fsp3) is 0.400. The lowest BCUT2D eigenvalue weighted by atomic mass is 9.78. The third kappa shape index (κ3) is 4.16. The van der Waals surface area contributed by atoms with Crippen molar-refractivity contribution in [3.8, 4) is 0 Å². The van der Waals surface area contributed by atoms with Gasteiger partial charge >= 0.3 is 0 Å². The quantitative estimate of drug-likeness (QED) is 0.406. The molecule has 0 heterocycles. The molecule has 2 heteroatoms. The summed E-state index contributed by atoms with van der Waals surface area (Å²) in [4.78, 5) is 0. The van der Waals surface area contributed by atoms with Crippen LogP contribution in [0.3, 0.4) is 0 Å². The largest absolute Gasteiger partial charge is 0.398 e. The van der Waals surface area contributed by atoms with Crippen molar-refractivity contribution < 1.29 is 0 Å². The third-order valence-electron chi connectivity index (χ3n) is 7.86. The van der Waals surface area contributed by atoms with Gasteiger partial charge in [-0.15, -0.1) is 0 Å². The summed E-state index contributed by atoms with van der Waals surface area (Å²) in [6.45, 7) is 0. The molecule has 166 valence electrons. The Balaban J connectivity index is 1.71. The van der Waals surface area contributed by atoms with Gasteiger partial charge < -0.3 is 11.5 Å². The van der Waals surface area contributed by atoms with E-state index >= 15 is 0 Å². The summed E-state index contributed by atoms with van der Waals surface area (Å²) in [5.41, 5.74) is 24.3. The molecule has 2 fully saturated rings. The van der Waals surface area contributed by atoms with E-state index in [1.54, 1.807) is 0 Å². The van der Waals surface area contributed by atoms with Gasteiger partial charge in [0, 0.05) is 16.9 Å². The van der Waals surface area contributed by atoms with Crippen LogP contribution >= 0.6 is 0 Å². The molecule has 32 heavy (non-hydrogen) atoms. The van der Waals surface area contributed by atoms with E-state index in [0.717, 1.165) is 24.2 Å². The third-order valence-corrected chi connectivity index (χ3v) is 7.86. The van der Waals surface area contributed by atoms with Gasteiger partial charge in [-0.05, 0) is 78.2 Å². The Hall–Kier alpha value is -2.74. The van der Waals surface area contributed by atoms with E-state index in [0.29, 0.717) is 11.8 Å². The molecule has 3 aromatic rings. The molecule has 2 aliphatic rings. The van der Waals surface area contributed by atoms with E-state index in [2.05, 4.69) is 60.7 Å². The lowest BCUT2D eigenvalue weighted by molar-refractivity contribution is 0.696. The van der Waals surface area contributed by atoms with Gasteiger partial charge in [0.15, 0.2) is 0 Å². The van der Waals surface area contributed by atoms with Crippen molar-refractivity contribution in [2.24, 2.45) is 0 Å². The SMILES string of the molecule is Nc1c(Cc2ccccc2)c(C2CCCC2)c(Cc2ccccc2)c(N)c1C1CCCC1. The van der Waals surface area contributed by atoms with Crippen molar-refractivity contribution in [2.75, 3.05) is 11.5 Å². The fourth-order valence-corrected chi connectivity index (χ4v) is 6.28. The molecular formula is C30H36N2. The number of anilines is 2. The van der Waals surface area contributed by atoms with E-state index in [9.17, 15) is 0 Å². The Morgan fingerprint density at radius 1 is 0.531 bits per heavy atom. The van der Waals surface area contributed by atoms with Gasteiger partial charge in [0.2, 0.25) is 0 Å². The number of hydrogen-bond donors (Lipinski definition) is 2. The van der Waals surface area contributed by atoms with Crippen LogP contribution in [0.5, 0.6) is 0 Å². The highest BCUT2D eigenvalue weighted by molar-refractivity contribution is 5.75. The van der Waals surface area contributed by atoms with Crippen LogP contribution < -0.4 is 11.5 Å². The number of nitrogens with two attached hydrogens (primary N) is 2. The van der Waals surface area contributed by atoms with Crippen molar-refractivity contribution in [2.45, 2.75) is 76.0 Å². The number of hydrogen-bond acceptors (Lipinski definition) is 2. The molecule has 2 nitrogen and oxygen atoms in total. The number of benzene rings is 3. The van der Waals surface area contributed by atoms with Crippen molar-refractivity contribution in [3.63, 3.8) is 0 Å². The van der Waals surface area contributed by atoms with Gasteiger partial charge in [0.1, 0.15) is 0 Å². The molecule has 0 bridgehead atoms. The Kier molecular flexibility index (Phi) is 6.21. The van der Waals surface area contributed by atoms with E-state index in [1.165, 1.54) is 84.7 Å². The second-order valence-corrected chi connectivity index (χ2v) is 9.90. The molecule has 0 spiro atoms. The summed E-state index contributed by atoms with van der Waals surface area (Å²) < 4.78 is 0. The zero-order valence-corrected chi connectivity index (χ0v) is 19.2. The molecular weight excluding hydrogens is 388 g/mol. The van der Waals surface area contributed by atoms with Gasteiger partial charge in [-0.3, -0.25) is 0 Å². The minimum Gasteiger partial charge on any atom is -0.398 e. The Morgan fingerprint density at radius 3 is 1.31 bits per heavy atom.